The minimum atomic E-state index is 0. The summed E-state index contributed by atoms with van der Waals surface area (Å²) in [5.74, 6) is 11.2. The Balaban J connectivity index is 0.000000795. The van der Waals surface area contributed by atoms with Crippen LogP contribution in [0.5, 0.6) is 5.75 Å². The number of pyridine rings is 1. The number of hydrogen-bond acceptors (Lipinski definition) is 4. The number of allylic oxidation sites excluding steroid dienone is 2. The molecule has 1 aliphatic heterocycles. The molecule has 0 saturated carbocycles. The van der Waals surface area contributed by atoms with E-state index in [1.807, 2.05) is 73.0 Å². The Morgan fingerprint density at radius 1 is 1.11 bits per heavy atom. The SMILES string of the molecule is C#CCc1nc2ncc(-c3ccc4c(c3)CC#CCCO4)cc2[nH]1.CC.CC.CC.CC=NC1=C(C(C)C)CC(C)(C)CC1.[HH]. The van der Waals surface area contributed by atoms with Gasteiger partial charge in [0.15, 0.2) is 5.65 Å². The van der Waals surface area contributed by atoms with Crippen LogP contribution in [-0.2, 0) is 12.8 Å². The predicted molar refractivity (Wildman–Crippen MR) is 193 cm³/mol. The van der Waals surface area contributed by atoms with Crippen molar-refractivity contribution in [2.45, 2.75) is 115 Å². The molecule has 1 aliphatic carbocycles. The lowest BCUT2D eigenvalue weighted by Crippen LogP contribution is -2.20. The summed E-state index contributed by atoms with van der Waals surface area (Å²) < 4.78 is 5.77. The van der Waals surface area contributed by atoms with Crippen molar-refractivity contribution in [1.29, 1.82) is 0 Å². The highest BCUT2D eigenvalue weighted by Crippen LogP contribution is 2.41. The maximum absolute atomic E-state index is 5.77. The summed E-state index contributed by atoms with van der Waals surface area (Å²) in [6.45, 7) is 23.9. The molecule has 5 nitrogen and oxygen atoms in total. The monoisotopic (exact) mass is 598 g/mol. The van der Waals surface area contributed by atoms with Crippen molar-refractivity contribution in [1.82, 2.24) is 15.0 Å². The Labute approximate surface area is 269 Å². The smallest absolute Gasteiger partial charge is 0.177 e. The molecule has 1 aromatic carbocycles. The van der Waals surface area contributed by atoms with Gasteiger partial charge in [-0.05, 0) is 66.9 Å². The van der Waals surface area contributed by atoms with Crippen molar-refractivity contribution in [3.05, 3.63) is 53.1 Å². The van der Waals surface area contributed by atoms with Crippen LogP contribution in [0.4, 0.5) is 0 Å². The van der Waals surface area contributed by atoms with Crippen LogP contribution in [0.15, 0.2) is 46.7 Å². The lowest BCUT2D eigenvalue weighted by molar-refractivity contribution is 0.301. The third-order valence-electron chi connectivity index (χ3n) is 7.00. The van der Waals surface area contributed by atoms with Crippen molar-refractivity contribution >= 4 is 17.4 Å². The summed E-state index contributed by atoms with van der Waals surface area (Å²) >= 11 is 0. The Hall–Kier alpha value is -3.83. The zero-order valence-electron chi connectivity index (χ0n) is 29.3. The van der Waals surface area contributed by atoms with E-state index >= 15 is 0 Å². The highest BCUT2D eigenvalue weighted by Gasteiger charge is 2.27. The minimum absolute atomic E-state index is 0. The van der Waals surface area contributed by atoms with Gasteiger partial charge in [-0.15, -0.1) is 6.42 Å². The molecule has 2 aromatic heterocycles. The quantitative estimate of drug-likeness (QED) is 0.240. The first-order valence-corrected chi connectivity index (χ1v) is 16.5. The molecule has 0 unspecified atom stereocenters. The van der Waals surface area contributed by atoms with E-state index in [9.17, 15) is 0 Å². The molecule has 0 saturated heterocycles. The van der Waals surface area contributed by atoms with E-state index in [2.05, 4.69) is 77.5 Å². The van der Waals surface area contributed by atoms with E-state index in [0.717, 1.165) is 46.6 Å². The summed E-state index contributed by atoms with van der Waals surface area (Å²) in [5, 5.41) is 0. The molecule has 0 radical (unpaired) electrons. The molecule has 44 heavy (non-hydrogen) atoms. The largest absolute Gasteiger partial charge is 0.492 e. The van der Waals surface area contributed by atoms with Crippen LogP contribution in [0, 0.1) is 35.5 Å². The second-order valence-corrected chi connectivity index (χ2v) is 11.0. The Morgan fingerprint density at radius 2 is 1.84 bits per heavy atom. The molecule has 0 fully saturated rings. The number of aromatic amines is 1. The number of terminal acetylenes is 1. The average molecular weight is 599 g/mol. The standard InChI is InChI=1S/C20H15N3O.C13H23N.3C2H6.H2/c1-2-6-19-22-17-12-16(13-21-20(17)23-19)14-8-9-18-15(11-14)7-4-3-5-10-24-18;1-6-14-12-7-8-13(4,5)9-11(12)10(2)3;3*1-2;/h1,8-9,11-13H,5-7,10H2,(H,21,22,23);6,10H,7-9H2,1-5H3;3*1-2H3;1H. The number of benzene rings is 1. The highest BCUT2D eigenvalue weighted by atomic mass is 16.5. The molecular formula is C39H58N4O. The van der Waals surface area contributed by atoms with Gasteiger partial charge in [0, 0.05) is 43.5 Å². The lowest BCUT2D eigenvalue weighted by atomic mass is 9.73. The third kappa shape index (κ3) is 11.3. The van der Waals surface area contributed by atoms with Gasteiger partial charge in [-0.3, -0.25) is 4.99 Å². The molecular weight excluding hydrogens is 540 g/mol. The van der Waals surface area contributed by atoms with Crippen LogP contribution in [0.2, 0.25) is 0 Å². The number of aromatic nitrogens is 3. The number of ether oxygens (including phenoxy) is 1. The van der Waals surface area contributed by atoms with E-state index in [4.69, 9.17) is 11.2 Å². The molecule has 2 aliphatic rings. The second kappa shape index (κ2) is 20.2. The Kier molecular flexibility index (Phi) is 17.5. The van der Waals surface area contributed by atoms with Crippen molar-refractivity contribution in [3.8, 4) is 41.1 Å². The van der Waals surface area contributed by atoms with Crippen molar-refractivity contribution < 1.29 is 6.16 Å². The number of H-pyrrole nitrogens is 1. The first-order valence-electron chi connectivity index (χ1n) is 16.5. The Bertz CT molecular complexity index is 1460. The van der Waals surface area contributed by atoms with Crippen molar-refractivity contribution in [3.63, 3.8) is 0 Å². The number of imidazole rings is 1. The van der Waals surface area contributed by atoms with Crippen LogP contribution >= 0.6 is 0 Å². The normalized spacial score (nSPS) is 14.6. The summed E-state index contributed by atoms with van der Waals surface area (Å²) in [4.78, 5) is 16.5. The fourth-order valence-electron chi connectivity index (χ4n) is 4.95. The van der Waals surface area contributed by atoms with E-state index < -0.39 is 0 Å². The molecule has 0 spiro atoms. The number of nitrogens with one attached hydrogen (secondary N) is 1. The molecule has 3 heterocycles. The summed E-state index contributed by atoms with van der Waals surface area (Å²) in [7, 11) is 0. The van der Waals surface area contributed by atoms with E-state index in [1.54, 1.807) is 5.57 Å². The van der Waals surface area contributed by atoms with Gasteiger partial charge in [-0.2, -0.15) is 0 Å². The van der Waals surface area contributed by atoms with Crippen LogP contribution in [0.3, 0.4) is 0 Å². The van der Waals surface area contributed by atoms with E-state index in [1.165, 1.54) is 18.5 Å². The second-order valence-electron chi connectivity index (χ2n) is 11.0. The highest BCUT2D eigenvalue weighted by molar-refractivity contribution is 5.78. The predicted octanol–water partition coefficient (Wildman–Crippen LogP) is 10.7. The molecule has 0 bridgehead atoms. The van der Waals surface area contributed by atoms with Gasteiger partial charge in [-0.1, -0.05) is 93.1 Å². The number of aliphatic imine (C=N–C) groups is 1. The lowest BCUT2D eigenvalue weighted by Gasteiger charge is -2.33. The van der Waals surface area contributed by atoms with Gasteiger partial charge in [0.2, 0.25) is 0 Å². The third-order valence-corrected chi connectivity index (χ3v) is 7.00. The topological polar surface area (TPSA) is 63.2 Å². The summed E-state index contributed by atoms with van der Waals surface area (Å²) in [6, 6.07) is 8.23. The summed E-state index contributed by atoms with van der Waals surface area (Å²) in [5.41, 5.74) is 8.19. The number of fused-ring (bicyclic) bond motifs is 2. The van der Waals surface area contributed by atoms with Gasteiger partial charge in [-0.25, -0.2) is 9.97 Å². The molecule has 240 valence electrons. The first kappa shape index (κ1) is 38.2. The fraction of sp³-hybridized carbons (Fsp3) is 0.513. The molecule has 5 rings (SSSR count). The van der Waals surface area contributed by atoms with Crippen molar-refractivity contribution in [2.75, 3.05) is 6.61 Å². The van der Waals surface area contributed by atoms with Crippen LogP contribution < -0.4 is 4.74 Å². The maximum Gasteiger partial charge on any atom is 0.177 e. The number of rotatable bonds is 4. The van der Waals surface area contributed by atoms with Crippen molar-refractivity contribution in [2.24, 2.45) is 16.3 Å². The van der Waals surface area contributed by atoms with Gasteiger partial charge in [0.25, 0.3) is 0 Å². The van der Waals surface area contributed by atoms with Gasteiger partial charge in [0.05, 0.1) is 18.5 Å². The number of nitrogens with zero attached hydrogens (tertiary/aromatic N) is 3. The fourth-order valence-corrected chi connectivity index (χ4v) is 4.95. The van der Waals surface area contributed by atoms with Crippen LogP contribution in [-0.4, -0.2) is 27.8 Å². The van der Waals surface area contributed by atoms with Gasteiger partial charge in [0.1, 0.15) is 11.6 Å². The molecule has 0 atom stereocenters. The van der Waals surface area contributed by atoms with Crippen LogP contribution in [0.1, 0.15) is 115 Å². The first-order chi connectivity index (χ1) is 21.3. The summed E-state index contributed by atoms with van der Waals surface area (Å²) in [6.07, 6.45) is 14.7. The number of hydrogen-bond donors (Lipinski definition) is 1. The Morgan fingerprint density at radius 3 is 2.50 bits per heavy atom. The zero-order valence-corrected chi connectivity index (χ0v) is 29.3. The zero-order chi connectivity index (χ0) is 33.1. The van der Waals surface area contributed by atoms with Crippen LogP contribution in [0.25, 0.3) is 22.3 Å². The average Bonchev–Trinajstić information content (AvgIpc) is 3.43. The molecule has 5 heteroatoms. The van der Waals surface area contributed by atoms with E-state index in [-0.39, 0.29) is 1.43 Å². The minimum Gasteiger partial charge on any atom is -0.492 e. The maximum atomic E-state index is 5.77. The molecule has 1 N–H and O–H groups in total. The van der Waals surface area contributed by atoms with Gasteiger partial charge >= 0.3 is 0 Å². The molecule has 0 amide bonds. The molecule has 3 aromatic rings. The van der Waals surface area contributed by atoms with Gasteiger partial charge < -0.3 is 9.72 Å². The van der Waals surface area contributed by atoms with E-state index in [0.29, 0.717) is 36.4 Å².